The summed E-state index contributed by atoms with van der Waals surface area (Å²) in [6.45, 7) is 8.25. The molecule has 1 aromatic carbocycles. The maximum absolute atomic E-state index is 5.81. The number of nitrogens with two attached hydrogens (primary N) is 1. The number of nitrogen functional groups attached to an aromatic ring is 1. The first kappa shape index (κ1) is 10.6. The SMILES string of the molecule is C=CCOc1cc(N)c(C)cc1CC. The molecule has 2 nitrogen and oxygen atoms in total. The molecule has 2 N–H and O–H groups in total. The van der Waals surface area contributed by atoms with Crippen molar-refractivity contribution in [1.29, 1.82) is 0 Å². The van der Waals surface area contributed by atoms with Crippen molar-refractivity contribution >= 4 is 5.69 Å². The maximum atomic E-state index is 5.81. The number of benzene rings is 1. The largest absolute Gasteiger partial charge is 0.489 e. The van der Waals surface area contributed by atoms with Crippen molar-refractivity contribution in [3.8, 4) is 5.75 Å². The molecule has 0 aliphatic heterocycles. The van der Waals surface area contributed by atoms with Crippen molar-refractivity contribution in [3.05, 3.63) is 35.9 Å². The van der Waals surface area contributed by atoms with Gasteiger partial charge in [0.15, 0.2) is 0 Å². The van der Waals surface area contributed by atoms with Crippen LogP contribution in [0.25, 0.3) is 0 Å². The molecular formula is C12H17NO. The minimum atomic E-state index is 0.523. The Morgan fingerprint density at radius 2 is 2.21 bits per heavy atom. The minimum absolute atomic E-state index is 0.523. The monoisotopic (exact) mass is 191 g/mol. The highest BCUT2D eigenvalue weighted by Crippen LogP contribution is 2.25. The van der Waals surface area contributed by atoms with E-state index in [9.17, 15) is 0 Å². The van der Waals surface area contributed by atoms with Gasteiger partial charge in [0.05, 0.1) is 0 Å². The second-order valence-electron chi connectivity index (χ2n) is 3.27. The van der Waals surface area contributed by atoms with E-state index in [1.165, 1.54) is 5.56 Å². The van der Waals surface area contributed by atoms with Crippen molar-refractivity contribution in [2.45, 2.75) is 20.3 Å². The summed E-state index contributed by atoms with van der Waals surface area (Å²) >= 11 is 0. The molecular weight excluding hydrogens is 174 g/mol. The van der Waals surface area contributed by atoms with Gasteiger partial charge in [-0.25, -0.2) is 0 Å². The molecule has 1 rings (SSSR count). The number of rotatable bonds is 4. The second-order valence-corrected chi connectivity index (χ2v) is 3.27. The summed E-state index contributed by atoms with van der Waals surface area (Å²) in [5, 5.41) is 0. The van der Waals surface area contributed by atoms with Gasteiger partial charge in [-0.1, -0.05) is 25.6 Å². The lowest BCUT2D eigenvalue weighted by atomic mass is 10.1. The van der Waals surface area contributed by atoms with Gasteiger partial charge in [0.1, 0.15) is 12.4 Å². The number of anilines is 1. The minimum Gasteiger partial charge on any atom is -0.489 e. The summed E-state index contributed by atoms with van der Waals surface area (Å²) in [7, 11) is 0. The molecule has 0 atom stereocenters. The van der Waals surface area contributed by atoms with E-state index in [0.717, 1.165) is 23.4 Å². The Morgan fingerprint density at radius 3 is 2.79 bits per heavy atom. The van der Waals surface area contributed by atoms with Crippen LogP contribution in [-0.4, -0.2) is 6.61 Å². The van der Waals surface area contributed by atoms with E-state index in [1.807, 2.05) is 13.0 Å². The predicted molar refractivity (Wildman–Crippen MR) is 60.7 cm³/mol. The van der Waals surface area contributed by atoms with Crippen LogP contribution in [-0.2, 0) is 6.42 Å². The molecule has 1 aromatic rings. The molecule has 0 aliphatic rings. The van der Waals surface area contributed by atoms with Gasteiger partial charge in [-0.05, 0) is 24.5 Å². The summed E-state index contributed by atoms with van der Waals surface area (Å²) in [6.07, 6.45) is 2.68. The van der Waals surface area contributed by atoms with E-state index >= 15 is 0 Å². The first-order chi connectivity index (χ1) is 6.69. The molecule has 0 unspecified atom stereocenters. The predicted octanol–water partition coefficient (Wildman–Crippen LogP) is 2.70. The third kappa shape index (κ3) is 2.28. The van der Waals surface area contributed by atoms with E-state index < -0.39 is 0 Å². The molecule has 0 fully saturated rings. The van der Waals surface area contributed by atoms with Crippen molar-refractivity contribution < 1.29 is 4.74 Å². The molecule has 0 saturated carbocycles. The Bertz CT molecular complexity index is 331. The smallest absolute Gasteiger partial charge is 0.125 e. The zero-order chi connectivity index (χ0) is 10.6. The zero-order valence-corrected chi connectivity index (χ0v) is 8.84. The summed E-state index contributed by atoms with van der Waals surface area (Å²) < 4.78 is 5.51. The number of ether oxygens (including phenoxy) is 1. The molecule has 0 heterocycles. The summed E-state index contributed by atoms with van der Waals surface area (Å²) in [4.78, 5) is 0. The lowest BCUT2D eigenvalue weighted by molar-refractivity contribution is 0.359. The fourth-order valence-electron chi connectivity index (χ4n) is 1.32. The Labute approximate surface area is 85.4 Å². The quantitative estimate of drug-likeness (QED) is 0.586. The van der Waals surface area contributed by atoms with E-state index in [-0.39, 0.29) is 0 Å². The molecule has 0 saturated heterocycles. The molecule has 0 aromatic heterocycles. The first-order valence-electron chi connectivity index (χ1n) is 4.81. The van der Waals surface area contributed by atoms with Gasteiger partial charge in [0, 0.05) is 11.8 Å². The summed E-state index contributed by atoms with van der Waals surface area (Å²) in [6, 6.07) is 3.96. The van der Waals surface area contributed by atoms with Crippen LogP contribution in [0.2, 0.25) is 0 Å². The molecule has 0 aliphatic carbocycles. The van der Waals surface area contributed by atoms with Crippen LogP contribution >= 0.6 is 0 Å². The van der Waals surface area contributed by atoms with Gasteiger partial charge in [-0.3, -0.25) is 0 Å². The van der Waals surface area contributed by atoms with Gasteiger partial charge >= 0.3 is 0 Å². The zero-order valence-electron chi connectivity index (χ0n) is 8.84. The lowest BCUT2D eigenvalue weighted by Gasteiger charge is -2.11. The average molecular weight is 191 g/mol. The Hall–Kier alpha value is -1.44. The molecule has 2 heteroatoms. The fraction of sp³-hybridized carbons (Fsp3) is 0.333. The van der Waals surface area contributed by atoms with E-state index in [0.29, 0.717) is 6.61 Å². The third-order valence-electron chi connectivity index (χ3n) is 2.19. The van der Waals surface area contributed by atoms with Gasteiger partial charge < -0.3 is 10.5 Å². The summed E-state index contributed by atoms with van der Waals surface area (Å²) in [5.74, 6) is 0.871. The van der Waals surface area contributed by atoms with Gasteiger partial charge in [-0.15, -0.1) is 0 Å². The Balaban J connectivity index is 3.00. The molecule has 0 radical (unpaired) electrons. The van der Waals surface area contributed by atoms with Crippen LogP contribution in [0.3, 0.4) is 0 Å². The van der Waals surface area contributed by atoms with E-state index in [2.05, 4.69) is 19.6 Å². The number of aryl methyl sites for hydroxylation is 2. The van der Waals surface area contributed by atoms with Crippen LogP contribution in [0, 0.1) is 6.92 Å². The van der Waals surface area contributed by atoms with Crippen LogP contribution < -0.4 is 10.5 Å². The number of hydrogen-bond donors (Lipinski definition) is 1. The lowest BCUT2D eigenvalue weighted by Crippen LogP contribution is -2.00. The fourth-order valence-corrected chi connectivity index (χ4v) is 1.32. The Kier molecular flexibility index (Phi) is 3.57. The van der Waals surface area contributed by atoms with Crippen molar-refractivity contribution in [3.63, 3.8) is 0 Å². The highest BCUT2D eigenvalue weighted by Gasteiger charge is 2.04. The molecule has 0 bridgehead atoms. The third-order valence-corrected chi connectivity index (χ3v) is 2.19. The molecule has 14 heavy (non-hydrogen) atoms. The summed E-state index contributed by atoms with van der Waals surface area (Å²) in [5.41, 5.74) is 8.89. The average Bonchev–Trinajstić information content (AvgIpc) is 2.19. The van der Waals surface area contributed by atoms with Crippen LogP contribution in [0.1, 0.15) is 18.1 Å². The van der Waals surface area contributed by atoms with Crippen molar-refractivity contribution in [2.75, 3.05) is 12.3 Å². The van der Waals surface area contributed by atoms with E-state index in [4.69, 9.17) is 10.5 Å². The van der Waals surface area contributed by atoms with Crippen LogP contribution in [0.5, 0.6) is 5.75 Å². The van der Waals surface area contributed by atoms with Gasteiger partial charge in [0.25, 0.3) is 0 Å². The normalized spacial score (nSPS) is 9.86. The first-order valence-corrected chi connectivity index (χ1v) is 4.81. The highest BCUT2D eigenvalue weighted by molar-refractivity contribution is 5.54. The van der Waals surface area contributed by atoms with E-state index in [1.54, 1.807) is 6.08 Å². The Morgan fingerprint density at radius 1 is 1.50 bits per heavy atom. The van der Waals surface area contributed by atoms with Gasteiger partial charge in [-0.2, -0.15) is 0 Å². The van der Waals surface area contributed by atoms with Crippen LogP contribution in [0.4, 0.5) is 5.69 Å². The maximum Gasteiger partial charge on any atom is 0.125 e. The van der Waals surface area contributed by atoms with Crippen LogP contribution in [0.15, 0.2) is 24.8 Å². The molecule has 0 amide bonds. The van der Waals surface area contributed by atoms with Crippen molar-refractivity contribution in [1.82, 2.24) is 0 Å². The topological polar surface area (TPSA) is 35.2 Å². The number of hydrogen-bond acceptors (Lipinski definition) is 2. The molecule has 0 spiro atoms. The van der Waals surface area contributed by atoms with Crippen molar-refractivity contribution in [2.24, 2.45) is 0 Å². The van der Waals surface area contributed by atoms with Gasteiger partial charge in [0.2, 0.25) is 0 Å². The molecule has 76 valence electrons. The highest BCUT2D eigenvalue weighted by atomic mass is 16.5. The second kappa shape index (κ2) is 4.70. The standard InChI is InChI=1S/C12H17NO/c1-4-6-14-12-8-11(13)9(3)7-10(12)5-2/h4,7-8H,1,5-6,13H2,2-3H3.